The lowest BCUT2D eigenvalue weighted by Crippen LogP contribution is -2.35. The maximum Gasteiger partial charge on any atom is 0.276 e. The molecule has 0 saturated carbocycles. The van der Waals surface area contributed by atoms with Crippen molar-refractivity contribution in [1.82, 2.24) is 18.9 Å². The van der Waals surface area contributed by atoms with Gasteiger partial charge in [0, 0.05) is 30.2 Å². The summed E-state index contributed by atoms with van der Waals surface area (Å²) in [6, 6.07) is 14.3. The zero-order valence-electron chi connectivity index (χ0n) is 22.0. The molecule has 198 valence electrons. The average molecular weight is 534 g/mol. The van der Waals surface area contributed by atoms with Crippen molar-refractivity contribution in [2.24, 2.45) is 0 Å². The smallest absolute Gasteiger partial charge is 0.276 e. The van der Waals surface area contributed by atoms with Crippen LogP contribution in [0.15, 0.2) is 53.4 Å². The second-order valence-corrected chi connectivity index (χ2v) is 11.6. The number of carbonyl (C=O) groups excluding carboxylic acids is 1. The molecule has 4 aromatic rings. The molecule has 3 heterocycles. The Morgan fingerprint density at radius 1 is 0.974 bits per heavy atom. The maximum atomic E-state index is 13.7. The van der Waals surface area contributed by atoms with Gasteiger partial charge in [0.2, 0.25) is 10.0 Å². The fourth-order valence-corrected chi connectivity index (χ4v) is 6.55. The van der Waals surface area contributed by atoms with Crippen molar-refractivity contribution in [2.75, 3.05) is 25.5 Å². The SMILES string of the molecule is COc1ccc(-c2c(C(=O)Nc3ccc(C)cc3)nn3c(C)cc(C)nc23)cc1S(=O)(=O)N1CCCCC1. The van der Waals surface area contributed by atoms with Crippen LogP contribution in [-0.4, -0.2) is 53.4 Å². The number of aromatic nitrogens is 3. The van der Waals surface area contributed by atoms with Crippen molar-refractivity contribution in [3.63, 3.8) is 0 Å². The Morgan fingerprint density at radius 2 is 1.68 bits per heavy atom. The van der Waals surface area contributed by atoms with E-state index in [1.807, 2.05) is 51.1 Å². The number of piperidine rings is 1. The molecule has 2 aromatic heterocycles. The molecule has 5 rings (SSSR count). The van der Waals surface area contributed by atoms with Gasteiger partial charge >= 0.3 is 0 Å². The third-order valence-corrected chi connectivity index (χ3v) is 8.72. The first-order chi connectivity index (χ1) is 18.2. The van der Waals surface area contributed by atoms with Gasteiger partial charge in [0.15, 0.2) is 11.3 Å². The van der Waals surface area contributed by atoms with E-state index in [0.29, 0.717) is 35.6 Å². The normalized spacial score (nSPS) is 14.5. The molecule has 1 saturated heterocycles. The number of hydrogen-bond donors (Lipinski definition) is 1. The lowest BCUT2D eigenvalue weighted by atomic mass is 10.0. The fraction of sp³-hybridized carbons (Fsp3) is 0.321. The van der Waals surface area contributed by atoms with Crippen LogP contribution in [0.3, 0.4) is 0 Å². The number of rotatable bonds is 6. The van der Waals surface area contributed by atoms with Crippen LogP contribution in [0.25, 0.3) is 16.8 Å². The molecular formula is C28H31N5O4S. The molecule has 1 aliphatic heterocycles. The number of amides is 1. The van der Waals surface area contributed by atoms with Gasteiger partial charge in [-0.2, -0.15) is 9.40 Å². The first-order valence-corrected chi connectivity index (χ1v) is 14.1. The highest BCUT2D eigenvalue weighted by Gasteiger charge is 2.31. The van der Waals surface area contributed by atoms with Crippen LogP contribution >= 0.6 is 0 Å². The van der Waals surface area contributed by atoms with Crippen molar-refractivity contribution >= 4 is 27.3 Å². The summed E-state index contributed by atoms with van der Waals surface area (Å²) in [7, 11) is -2.36. The topological polar surface area (TPSA) is 106 Å². The Morgan fingerprint density at radius 3 is 2.37 bits per heavy atom. The predicted octanol–water partition coefficient (Wildman–Crippen LogP) is 4.76. The summed E-state index contributed by atoms with van der Waals surface area (Å²) >= 11 is 0. The van der Waals surface area contributed by atoms with Crippen molar-refractivity contribution in [2.45, 2.75) is 44.9 Å². The summed E-state index contributed by atoms with van der Waals surface area (Å²) < 4.78 is 35.9. The molecule has 0 spiro atoms. The number of aryl methyl sites for hydroxylation is 3. The zero-order valence-corrected chi connectivity index (χ0v) is 22.8. The number of methoxy groups -OCH3 is 1. The minimum absolute atomic E-state index is 0.0630. The summed E-state index contributed by atoms with van der Waals surface area (Å²) in [5.74, 6) is -0.163. The summed E-state index contributed by atoms with van der Waals surface area (Å²) in [6.07, 6.45) is 2.65. The number of fused-ring (bicyclic) bond motifs is 1. The molecule has 0 unspecified atom stereocenters. The summed E-state index contributed by atoms with van der Waals surface area (Å²) in [5, 5.41) is 7.53. The van der Waals surface area contributed by atoms with Crippen LogP contribution in [-0.2, 0) is 10.0 Å². The largest absolute Gasteiger partial charge is 0.495 e. The third kappa shape index (κ3) is 4.77. The second kappa shape index (κ2) is 10.2. The molecule has 0 radical (unpaired) electrons. The van der Waals surface area contributed by atoms with Gasteiger partial charge in [-0.05, 0) is 69.5 Å². The highest BCUT2D eigenvalue weighted by molar-refractivity contribution is 7.89. The highest BCUT2D eigenvalue weighted by atomic mass is 32.2. The number of anilines is 1. The van der Waals surface area contributed by atoms with E-state index >= 15 is 0 Å². The van der Waals surface area contributed by atoms with E-state index in [0.717, 1.165) is 36.2 Å². The Labute approximate surface area is 222 Å². The minimum Gasteiger partial charge on any atom is -0.495 e. The van der Waals surface area contributed by atoms with Gasteiger partial charge in [-0.3, -0.25) is 4.79 Å². The molecule has 1 aliphatic rings. The van der Waals surface area contributed by atoms with Gasteiger partial charge in [-0.15, -0.1) is 0 Å². The Hall–Kier alpha value is -3.76. The van der Waals surface area contributed by atoms with Gasteiger partial charge in [-0.1, -0.05) is 30.2 Å². The van der Waals surface area contributed by atoms with Crippen LogP contribution in [0.1, 0.15) is 46.7 Å². The maximum absolute atomic E-state index is 13.7. The van der Waals surface area contributed by atoms with E-state index in [2.05, 4.69) is 15.4 Å². The third-order valence-electron chi connectivity index (χ3n) is 6.80. The van der Waals surface area contributed by atoms with Crippen molar-refractivity contribution in [1.29, 1.82) is 0 Å². The molecular weight excluding hydrogens is 502 g/mol. The Bertz CT molecular complexity index is 1620. The molecule has 0 aliphatic carbocycles. The number of nitrogens with zero attached hydrogens (tertiary/aromatic N) is 4. The monoisotopic (exact) mass is 533 g/mol. The van der Waals surface area contributed by atoms with Crippen molar-refractivity contribution in [3.05, 3.63) is 71.2 Å². The van der Waals surface area contributed by atoms with Crippen LogP contribution in [0.5, 0.6) is 5.75 Å². The van der Waals surface area contributed by atoms with Gasteiger partial charge in [-0.25, -0.2) is 17.9 Å². The second-order valence-electron chi connectivity index (χ2n) is 9.65. The van der Waals surface area contributed by atoms with E-state index in [1.165, 1.54) is 11.4 Å². The van der Waals surface area contributed by atoms with Gasteiger partial charge < -0.3 is 10.1 Å². The van der Waals surface area contributed by atoms with E-state index in [-0.39, 0.29) is 16.3 Å². The fourth-order valence-electron chi connectivity index (χ4n) is 4.85. The van der Waals surface area contributed by atoms with Crippen LogP contribution in [0.4, 0.5) is 5.69 Å². The lowest BCUT2D eigenvalue weighted by Gasteiger charge is -2.26. The highest BCUT2D eigenvalue weighted by Crippen LogP contribution is 2.36. The van der Waals surface area contributed by atoms with E-state index in [4.69, 9.17) is 4.74 Å². The average Bonchev–Trinajstić information content (AvgIpc) is 3.30. The Kier molecular flexibility index (Phi) is 6.93. The molecule has 1 fully saturated rings. The number of sulfonamides is 1. The lowest BCUT2D eigenvalue weighted by molar-refractivity contribution is 0.102. The van der Waals surface area contributed by atoms with E-state index < -0.39 is 15.9 Å². The van der Waals surface area contributed by atoms with Crippen LogP contribution in [0, 0.1) is 20.8 Å². The first kappa shape index (κ1) is 25.9. The Balaban J connectivity index is 1.68. The summed E-state index contributed by atoms with van der Waals surface area (Å²) in [5.41, 5.74) is 4.87. The molecule has 1 N–H and O–H groups in total. The van der Waals surface area contributed by atoms with Gasteiger partial charge in [0.25, 0.3) is 5.91 Å². The minimum atomic E-state index is -3.81. The molecule has 9 nitrogen and oxygen atoms in total. The predicted molar refractivity (Wildman–Crippen MR) is 146 cm³/mol. The number of hydrogen-bond acceptors (Lipinski definition) is 6. The van der Waals surface area contributed by atoms with Gasteiger partial charge in [0.1, 0.15) is 10.6 Å². The van der Waals surface area contributed by atoms with Gasteiger partial charge in [0.05, 0.1) is 12.7 Å². The molecule has 0 bridgehead atoms. The number of ether oxygens (including phenoxy) is 1. The first-order valence-electron chi connectivity index (χ1n) is 12.6. The molecule has 2 aromatic carbocycles. The number of carbonyl (C=O) groups is 1. The summed E-state index contributed by atoms with van der Waals surface area (Å²) in [4.78, 5) is 18.3. The van der Waals surface area contributed by atoms with Crippen LogP contribution in [0.2, 0.25) is 0 Å². The van der Waals surface area contributed by atoms with E-state index in [1.54, 1.807) is 22.7 Å². The zero-order chi connectivity index (χ0) is 27.0. The quantitative estimate of drug-likeness (QED) is 0.383. The van der Waals surface area contributed by atoms with Crippen molar-refractivity contribution in [3.8, 4) is 16.9 Å². The number of nitrogens with one attached hydrogen (secondary N) is 1. The number of benzene rings is 2. The van der Waals surface area contributed by atoms with E-state index in [9.17, 15) is 13.2 Å². The molecule has 38 heavy (non-hydrogen) atoms. The van der Waals surface area contributed by atoms with Crippen LogP contribution < -0.4 is 10.1 Å². The molecule has 0 atom stereocenters. The summed E-state index contributed by atoms with van der Waals surface area (Å²) in [6.45, 7) is 6.67. The molecule has 10 heteroatoms. The van der Waals surface area contributed by atoms with Crippen molar-refractivity contribution < 1.29 is 17.9 Å². The standard InChI is InChI=1S/C28H31N5O4S/c1-18-8-11-22(12-9-18)30-28(34)26-25(27-29-19(2)16-20(3)33(27)31-26)21-10-13-23(37-4)24(17-21)38(35,36)32-14-6-5-7-15-32/h8-13,16-17H,5-7,14-15H2,1-4H3,(H,30,34). The molecule has 1 amide bonds.